The zero-order valence-electron chi connectivity index (χ0n) is 20.3. The molecule has 0 bridgehead atoms. The number of hydrogen-bond acceptors (Lipinski definition) is 1. The standard InChI is InChI=1S/C18H17N.C11H20N2/c1-12(2)14-5-7-15(8-6-14)17-11-19-18-9-4-13(3)10-16(17)18;1-4-6-10(7-5-2)11-12-8-9(3)13-11/h4-11,19H,1H2,2-3H3;8,10H,4-7H2,1-3H3,(H,12,13). The van der Waals surface area contributed by atoms with Crippen LogP contribution in [0.25, 0.3) is 27.6 Å². The number of aromatic nitrogens is 3. The van der Waals surface area contributed by atoms with Gasteiger partial charge in [-0.2, -0.15) is 0 Å². The fourth-order valence-corrected chi connectivity index (χ4v) is 4.16. The van der Waals surface area contributed by atoms with Crippen molar-refractivity contribution >= 4 is 16.5 Å². The summed E-state index contributed by atoms with van der Waals surface area (Å²) in [5, 5.41) is 1.28. The molecule has 2 aromatic heterocycles. The lowest BCUT2D eigenvalue weighted by molar-refractivity contribution is 0.538. The van der Waals surface area contributed by atoms with Crippen molar-refractivity contribution in [3.8, 4) is 11.1 Å². The molecule has 2 heterocycles. The molecule has 2 aromatic carbocycles. The Bertz CT molecular complexity index is 1140. The molecule has 4 aromatic rings. The van der Waals surface area contributed by atoms with Crippen molar-refractivity contribution in [3.05, 3.63) is 84.1 Å². The summed E-state index contributed by atoms with van der Waals surface area (Å²) in [6.07, 6.45) is 8.99. The van der Waals surface area contributed by atoms with Crippen LogP contribution in [-0.4, -0.2) is 15.0 Å². The van der Waals surface area contributed by atoms with Crippen molar-refractivity contribution in [2.45, 2.75) is 66.2 Å². The van der Waals surface area contributed by atoms with E-state index < -0.39 is 0 Å². The molecule has 3 heteroatoms. The molecule has 3 nitrogen and oxygen atoms in total. The van der Waals surface area contributed by atoms with Gasteiger partial charge in [-0.05, 0) is 56.9 Å². The number of aryl methyl sites for hydroxylation is 2. The van der Waals surface area contributed by atoms with Crippen LogP contribution < -0.4 is 0 Å². The van der Waals surface area contributed by atoms with Gasteiger partial charge in [0.15, 0.2) is 0 Å². The van der Waals surface area contributed by atoms with E-state index in [1.54, 1.807) is 0 Å². The molecule has 0 amide bonds. The number of nitrogens with zero attached hydrogens (tertiary/aromatic N) is 1. The van der Waals surface area contributed by atoms with Crippen LogP contribution in [0.5, 0.6) is 0 Å². The van der Waals surface area contributed by atoms with Gasteiger partial charge in [0.1, 0.15) is 5.82 Å². The Balaban J connectivity index is 0.000000195. The molecule has 0 unspecified atom stereocenters. The Morgan fingerprint density at radius 1 is 1.00 bits per heavy atom. The normalized spacial score (nSPS) is 10.9. The van der Waals surface area contributed by atoms with Crippen LogP contribution >= 0.6 is 0 Å². The summed E-state index contributed by atoms with van der Waals surface area (Å²) < 4.78 is 0. The minimum atomic E-state index is 0.642. The number of nitrogens with one attached hydrogen (secondary N) is 2. The summed E-state index contributed by atoms with van der Waals surface area (Å²) in [4.78, 5) is 11.1. The highest BCUT2D eigenvalue weighted by Crippen LogP contribution is 2.30. The summed E-state index contributed by atoms with van der Waals surface area (Å²) in [5.74, 6) is 1.82. The van der Waals surface area contributed by atoms with Crippen LogP contribution in [0.2, 0.25) is 0 Å². The van der Waals surface area contributed by atoms with Crippen LogP contribution in [0.4, 0.5) is 0 Å². The third-order valence-corrected chi connectivity index (χ3v) is 5.91. The average Bonchev–Trinajstić information content (AvgIpc) is 3.40. The van der Waals surface area contributed by atoms with Crippen molar-refractivity contribution in [1.29, 1.82) is 0 Å². The predicted octanol–water partition coefficient (Wildman–Crippen LogP) is 8.58. The molecule has 0 saturated heterocycles. The molecule has 2 N–H and O–H groups in total. The number of rotatable bonds is 7. The van der Waals surface area contributed by atoms with Gasteiger partial charge in [-0.3, -0.25) is 0 Å². The zero-order chi connectivity index (χ0) is 23.1. The van der Waals surface area contributed by atoms with Gasteiger partial charge in [0.05, 0.1) is 0 Å². The number of allylic oxidation sites excluding steroid dienone is 1. The number of imidazole rings is 1. The summed E-state index contributed by atoms with van der Waals surface area (Å²) in [6.45, 7) is 14.7. The van der Waals surface area contributed by atoms with Crippen LogP contribution in [-0.2, 0) is 0 Å². The van der Waals surface area contributed by atoms with E-state index >= 15 is 0 Å². The SMILES string of the molecule is C=C(C)c1ccc(-c2c[nH]c3ccc(C)cc23)cc1.CCCC(CCC)c1ncc(C)[nH]1. The van der Waals surface area contributed by atoms with E-state index in [1.165, 1.54) is 70.4 Å². The Morgan fingerprint density at radius 3 is 2.25 bits per heavy atom. The molecule has 0 aliphatic heterocycles. The molecule has 0 aliphatic carbocycles. The van der Waals surface area contributed by atoms with E-state index in [0.717, 1.165) is 5.57 Å². The van der Waals surface area contributed by atoms with Crippen LogP contribution in [0.1, 0.15) is 75.0 Å². The highest BCUT2D eigenvalue weighted by atomic mass is 14.9. The minimum Gasteiger partial charge on any atom is -0.361 e. The minimum absolute atomic E-state index is 0.642. The van der Waals surface area contributed by atoms with Gasteiger partial charge in [0.2, 0.25) is 0 Å². The fourth-order valence-electron chi connectivity index (χ4n) is 4.16. The fraction of sp³-hybridized carbons (Fsp3) is 0.345. The van der Waals surface area contributed by atoms with Crippen molar-refractivity contribution in [2.24, 2.45) is 0 Å². The number of benzene rings is 2. The monoisotopic (exact) mass is 427 g/mol. The third-order valence-electron chi connectivity index (χ3n) is 5.91. The first-order valence-electron chi connectivity index (χ1n) is 11.8. The highest BCUT2D eigenvalue weighted by Gasteiger charge is 2.12. The molecular weight excluding hydrogens is 390 g/mol. The van der Waals surface area contributed by atoms with Gasteiger partial charge in [0, 0.05) is 40.5 Å². The van der Waals surface area contributed by atoms with E-state index in [-0.39, 0.29) is 0 Å². The Morgan fingerprint density at radius 2 is 1.69 bits per heavy atom. The summed E-state index contributed by atoms with van der Waals surface area (Å²) >= 11 is 0. The first-order chi connectivity index (χ1) is 15.4. The van der Waals surface area contributed by atoms with E-state index in [0.29, 0.717) is 5.92 Å². The molecule has 4 rings (SSSR count). The molecule has 0 atom stereocenters. The zero-order valence-corrected chi connectivity index (χ0v) is 20.3. The Labute approximate surface area is 193 Å². The Hall–Kier alpha value is -3.07. The number of hydrogen-bond donors (Lipinski definition) is 2. The topological polar surface area (TPSA) is 44.5 Å². The van der Waals surface area contributed by atoms with Crippen molar-refractivity contribution in [3.63, 3.8) is 0 Å². The van der Waals surface area contributed by atoms with E-state index in [4.69, 9.17) is 0 Å². The lowest BCUT2D eigenvalue weighted by Crippen LogP contribution is -2.00. The number of H-pyrrole nitrogens is 2. The lowest BCUT2D eigenvalue weighted by Gasteiger charge is -2.11. The first kappa shape index (κ1) is 23.6. The molecule has 0 saturated carbocycles. The molecule has 0 fully saturated rings. The average molecular weight is 428 g/mol. The van der Waals surface area contributed by atoms with Gasteiger partial charge >= 0.3 is 0 Å². The summed E-state index contributed by atoms with van der Waals surface area (Å²) in [6, 6.07) is 15.1. The molecule has 32 heavy (non-hydrogen) atoms. The predicted molar refractivity (Wildman–Crippen MR) is 139 cm³/mol. The summed E-state index contributed by atoms with van der Waals surface area (Å²) in [5.41, 5.74) is 8.43. The smallest absolute Gasteiger partial charge is 0.109 e. The lowest BCUT2D eigenvalue weighted by atomic mass is 9.98. The second-order valence-corrected chi connectivity index (χ2v) is 8.83. The quantitative estimate of drug-likeness (QED) is 0.305. The van der Waals surface area contributed by atoms with E-state index in [1.807, 2.05) is 13.1 Å². The van der Waals surface area contributed by atoms with Gasteiger partial charge in [-0.15, -0.1) is 0 Å². The molecule has 0 aliphatic rings. The van der Waals surface area contributed by atoms with Crippen molar-refractivity contribution < 1.29 is 0 Å². The van der Waals surface area contributed by atoms with Gasteiger partial charge < -0.3 is 9.97 Å². The van der Waals surface area contributed by atoms with Crippen molar-refractivity contribution in [1.82, 2.24) is 15.0 Å². The number of aromatic amines is 2. The highest BCUT2D eigenvalue weighted by molar-refractivity contribution is 5.96. The van der Waals surface area contributed by atoms with Gasteiger partial charge in [0.25, 0.3) is 0 Å². The third kappa shape index (κ3) is 5.79. The largest absolute Gasteiger partial charge is 0.361 e. The summed E-state index contributed by atoms with van der Waals surface area (Å²) in [7, 11) is 0. The van der Waals surface area contributed by atoms with E-state index in [9.17, 15) is 0 Å². The maximum absolute atomic E-state index is 4.40. The van der Waals surface area contributed by atoms with Crippen molar-refractivity contribution in [2.75, 3.05) is 0 Å². The first-order valence-corrected chi connectivity index (χ1v) is 11.8. The molecular formula is C29H37N3. The second kappa shape index (κ2) is 11.0. The van der Waals surface area contributed by atoms with Crippen LogP contribution in [0.15, 0.2) is 61.4 Å². The van der Waals surface area contributed by atoms with Gasteiger partial charge in [-0.25, -0.2) is 4.98 Å². The maximum atomic E-state index is 4.40. The second-order valence-electron chi connectivity index (χ2n) is 8.83. The van der Waals surface area contributed by atoms with E-state index in [2.05, 4.69) is 97.9 Å². The molecule has 0 spiro atoms. The van der Waals surface area contributed by atoms with Crippen LogP contribution in [0.3, 0.4) is 0 Å². The molecule has 168 valence electrons. The molecule has 0 radical (unpaired) electrons. The maximum Gasteiger partial charge on any atom is 0.109 e. The Kier molecular flexibility index (Phi) is 8.10. The number of fused-ring (bicyclic) bond motifs is 1. The van der Waals surface area contributed by atoms with Gasteiger partial charge in [-0.1, -0.05) is 74.7 Å². The van der Waals surface area contributed by atoms with Crippen LogP contribution in [0, 0.1) is 13.8 Å².